The van der Waals surface area contributed by atoms with Crippen LogP contribution in [-0.4, -0.2) is 10.9 Å². The Morgan fingerprint density at radius 3 is 2.58 bits per heavy atom. The first-order chi connectivity index (χ1) is 9.25. The summed E-state index contributed by atoms with van der Waals surface area (Å²) in [6, 6.07) is 9.45. The maximum Gasteiger partial charge on any atom is 0.165 e. The third-order valence-corrected chi connectivity index (χ3v) is 4.89. The Kier molecular flexibility index (Phi) is 2.30. The van der Waals surface area contributed by atoms with Crippen LogP contribution in [0.2, 0.25) is 0 Å². The van der Waals surface area contributed by atoms with Gasteiger partial charge >= 0.3 is 0 Å². The number of allylic oxidation sites excluding steroid dienone is 3. The van der Waals surface area contributed by atoms with E-state index in [-0.39, 0.29) is 11.7 Å². The molecule has 2 nitrogen and oxygen atoms in total. The van der Waals surface area contributed by atoms with Crippen molar-refractivity contribution in [1.82, 2.24) is 0 Å². The summed E-state index contributed by atoms with van der Waals surface area (Å²) in [5.41, 5.74) is 1.42. The molecule has 1 aromatic rings. The quantitative estimate of drug-likeness (QED) is 0.822. The molecule has 1 aromatic carbocycles. The van der Waals surface area contributed by atoms with E-state index in [1.54, 1.807) is 0 Å². The number of aliphatic hydroxyl groups excluding tert-OH is 1. The average molecular weight is 252 g/mol. The van der Waals surface area contributed by atoms with Crippen molar-refractivity contribution in [3.63, 3.8) is 0 Å². The van der Waals surface area contributed by atoms with E-state index in [0.29, 0.717) is 23.3 Å². The summed E-state index contributed by atoms with van der Waals surface area (Å²) < 4.78 is 0. The van der Waals surface area contributed by atoms with E-state index >= 15 is 0 Å². The van der Waals surface area contributed by atoms with Crippen LogP contribution in [0.15, 0.2) is 54.1 Å². The van der Waals surface area contributed by atoms with Gasteiger partial charge in [-0.05, 0) is 29.7 Å². The molecule has 1 saturated carbocycles. The van der Waals surface area contributed by atoms with Gasteiger partial charge in [0.15, 0.2) is 5.78 Å². The predicted molar refractivity (Wildman–Crippen MR) is 72.2 cm³/mol. The zero-order chi connectivity index (χ0) is 13.0. The molecule has 0 heterocycles. The summed E-state index contributed by atoms with van der Waals surface area (Å²) in [5, 5.41) is 10.4. The van der Waals surface area contributed by atoms with Gasteiger partial charge in [0, 0.05) is 11.5 Å². The maximum atomic E-state index is 12.5. The second kappa shape index (κ2) is 3.91. The predicted octanol–water partition coefficient (Wildman–Crippen LogP) is 2.67. The molecule has 0 saturated heterocycles. The Morgan fingerprint density at radius 1 is 1.11 bits per heavy atom. The van der Waals surface area contributed by atoms with Gasteiger partial charge in [-0.3, -0.25) is 4.79 Å². The summed E-state index contributed by atoms with van der Waals surface area (Å²) >= 11 is 0. The highest BCUT2D eigenvalue weighted by Crippen LogP contribution is 2.54. The Bertz CT molecular complexity index is 585. The van der Waals surface area contributed by atoms with Crippen LogP contribution in [0.25, 0.3) is 0 Å². The van der Waals surface area contributed by atoms with Crippen molar-refractivity contribution in [1.29, 1.82) is 0 Å². The first kappa shape index (κ1) is 11.2. The Balaban J connectivity index is 1.67. The normalized spacial score (nSPS) is 36.5. The molecule has 0 unspecified atom stereocenters. The molecule has 19 heavy (non-hydrogen) atoms. The molecule has 0 aliphatic heterocycles. The molecule has 0 amide bonds. The minimum atomic E-state index is -0.765. The third kappa shape index (κ3) is 1.50. The Hall–Kier alpha value is -1.67. The van der Waals surface area contributed by atoms with Crippen LogP contribution in [0, 0.1) is 23.7 Å². The van der Waals surface area contributed by atoms with Gasteiger partial charge in [0.2, 0.25) is 0 Å². The maximum absolute atomic E-state index is 12.5. The molecule has 4 rings (SSSR count). The molecule has 5 atom stereocenters. The monoisotopic (exact) mass is 252 g/mol. The van der Waals surface area contributed by atoms with Gasteiger partial charge in [-0.1, -0.05) is 48.6 Å². The first-order valence-electron chi connectivity index (χ1n) is 6.93. The van der Waals surface area contributed by atoms with Gasteiger partial charge in [0.1, 0.15) is 6.10 Å². The number of benzene rings is 1. The van der Waals surface area contributed by atoms with Crippen LogP contribution in [0.5, 0.6) is 0 Å². The molecule has 1 fully saturated rings. The lowest BCUT2D eigenvalue weighted by atomic mass is 9.84. The van der Waals surface area contributed by atoms with E-state index in [0.717, 1.165) is 12.0 Å². The summed E-state index contributed by atoms with van der Waals surface area (Å²) in [7, 11) is 0. The van der Waals surface area contributed by atoms with Crippen LogP contribution in [0.3, 0.4) is 0 Å². The minimum Gasteiger partial charge on any atom is -0.384 e. The van der Waals surface area contributed by atoms with E-state index in [4.69, 9.17) is 0 Å². The highest BCUT2D eigenvalue weighted by Gasteiger charge is 2.52. The molecule has 3 aliphatic carbocycles. The van der Waals surface area contributed by atoms with E-state index in [1.165, 1.54) is 0 Å². The molecular weight excluding hydrogens is 236 g/mol. The average Bonchev–Trinajstić information content (AvgIpc) is 3.12. The molecule has 0 radical (unpaired) electrons. The van der Waals surface area contributed by atoms with Crippen molar-refractivity contribution in [2.45, 2.75) is 12.5 Å². The number of carbonyl (C=O) groups excluding carboxylic acids is 1. The SMILES string of the molecule is O=C1C([C@@H](O)c2ccccc2)=C[C@@H]2[C@H]1[C@@H]1C=C[C@H]2C1. The van der Waals surface area contributed by atoms with Crippen LogP contribution >= 0.6 is 0 Å². The zero-order valence-electron chi connectivity index (χ0n) is 10.6. The van der Waals surface area contributed by atoms with Gasteiger partial charge in [-0.25, -0.2) is 0 Å². The fourth-order valence-electron chi connectivity index (χ4n) is 3.98. The number of ketones is 1. The van der Waals surface area contributed by atoms with Crippen molar-refractivity contribution >= 4 is 5.78 Å². The smallest absolute Gasteiger partial charge is 0.165 e. The fourth-order valence-corrected chi connectivity index (χ4v) is 3.98. The molecule has 1 N–H and O–H groups in total. The molecular formula is C17H16O2. The number of aliphatic hydroxyl groups is 1. The highest BCUT2D eigenvalue weighted by atomic mass is 16.3. The number of hydrogen-bond donors (Lipinski definition) is 1. The largest absolute Gasteiger partial charge is 0.384 e. The van der Waals surface area contributed by atoms with Crippen molar-refractivity contribution in [3.05, 3.63) is 59.7 Å². The standard InChI is InChI=1S/C17H16O2/c18-16(10-4-2-1-3-5-10)14-9-13-11-6-7-12(8-11)15(13)17(14)19/h1-7,9,11-13,15-16,18H,8H2/t11-,12+,13-,15+,16-/m0/s1. The van der Waals surface area contributed by atoms with Crippen molar-refractivity contribution < 1.29 is 9.90 Å². The topological polar surface area (TPSA) is 37.3 Å². The van der Waals surface area contributed by atoms with Gasteiger partial charge in [-0.2, -0.15) is 0 Å². The van der Waals surface area contributed by atoms with Crippen molar-refractivity contribution in [2.24, 2.45) is 23.7 Å². The van der Waals surface area contributed by atoms with Gasteiger partial charge in [-0.15, -0.1) is 0 Å². The minimum absolute atomic E-state index is 0.100. The van der Waals surface area contributed by atoms with Crippen molar-refractivity contribution in [2.75, 3.05) is 0 Å². The number of rotatable bonds is 2. The van der Waals surface area contributed by atoms with E-state index < -0.39 is 6.10 Å². The second-order valence-electron chi connectivity index (χ2n) is 5.85. The van der Waals surface area contributed by atoms with Crippen LogP contribution in [0.1, 0.15) is 18.1 Å². The van der Waals surface area contributed by atoms with E-state index in [2.05, 4.69) is 12.2 Å². The van der Waals surface area contributed by atoms with Crippen molar-refractivity contribution in [3.8, 4) is 0 Å². The zero-order valence-corrected chi connectivity index (χ0v) is 10.6. The Morgan fingerprint density at radius 2 is 1.84 bits per heavy atom. The molecule has 2 heteroatoms. The third-order valence-electron chi connectivity index (χ3n) is 4.89. The summed E-state index contributed by atoms with van der Waals surface area (Å²) in [4.78, 5) is 12.5. The van der Waals surface area contributed by atoms with Crippen LogP contribution in [-0.2, 0) is 4.79 Å². The van der Waals surface area contributed by atoms with E-state index in [1.807, 2.05) is 36.4 Å². The lowest BCUT2D eigenvalue weighted by Crippen LogP contribution is -2.22. The lowest BCUT2D eigenvalue weighted by Gasteiger charge is -2.18. The second-order valence-corrected chi connectivity index (χ2v) is 5.85. The number of carbonyl (C=O) groups is 1. The number of fused-ring (bicyclic) bond motifs is 5. The van der Waals surface area contributed by atoms with Crippen LogP contribution < -0.4 is 0 Å². The fraction of sp³-hybridized carbons (Fsp3) is 0.353. The highest BCUT2D eigenvalue weighted by molar-refractivity contribution is 6.01. The summed E-state index contributed by atoms with van der Waals surface area (Å²) in [6.45, 7) is 0. The van der Waals surface area contributed by atoms with Crippen LogP contribution in [0.4, 0.5) is 0 Å². The summed E-state index contributed by atoms with van der Waals surface area (Å²) in [5.74, 6) is 1.51. The number of hydrogen-bond acceptors (Lipinski definition) is 2. The molecule has 3 aliphatic rings. The molecule has 0 aromatic heterocycles. The van der Waals surface area contributed by atoms with Gasteiger partial charge in [0.05, 0.1) is 0 Å². The molecule has 0 spiro atoms. The molecule has 96 valence electrons. The van der Waals surface area contributed by atoms with Gasteiger partial charge in [0.25, 0.3) is 0 Å². The summed E-state index contributed by atoms with van der Waals surface area (Å²) in [6.07, 6.45) is 6.83. The Labute approximate surface area is 112 Å². The lowest BCUT2D eigenvalue weighted by molar-refractivity contribution is -0.120. The molecule has 2 bridgehead atoms. The first-order valence-corrected chi connectivity index (χ1v) is 6.93. The van der Waals surface area contributed by atoms with E-state index in [9.17, 15) is 9.90 Å². The number of Topliss-reactive ketones (excluding diaryl/α,β-unsaturated/α-hetero) is 1. The van der Waals surface area contributed by atoms with Gasteiger partial charge < -0.3 is 5.11 Å².